The minimum atomic E-state index is 0.00327. The van der Waals surface area contributed by atoms with Gasteiger partial charge in [0.05, 0.1) is 6.61 Å². The number of benzene rings is 1. The number of amides is 1. The second-order valence-corrected chi connectivity index (χ2v) is 6.35. The predicted octanol–water partition coefficient (Wildman–Crippen LogP) is 3.19. The molecule has 0 aromatic heterocycles. The molecule has 1 aliphatic rings. The van der Waals surface area contributed by atoms with E-state index in [0.29, 0.717) is 25.5 Å². The number of ether oxygens (including phenoxy) is 1. The molecule has 128 valence electrons. The van der Waals surface area contributed by atoms with E-state index in [2.05, 4.69) is 28.4 Å². The van der Waals surface area contributed by atoms with Crippen molar-refractivity contribution in [3.05, 3.63) is 29.8 Å². The number of nitrogens with zero attached hydrogens (tertiary/aromatic N) is 1. The largest absolute Gasteiger partial charge is 0.494 e. The van der Waals surface area contributed by atoms with Gasteiger partial charge in [0.1, 0.15) is 5.75 Å². The standard InChI is InChI=1S/C18H27ClN2O2/c19-9-8-18(22)20-10-5-13-23-17-7-4-6-16(14-17)15-21-11-2-1-3-12-21/h4,6-7,14H,1-3,5,8-13,15H2,(H,20,22). The molecule has 1 aromatic carbocycles. The molecule has 0 atom stereocenters. The van der Waals surface area contributed by atoms with Crippen LogP contribution in [0.5, 0.6) is 5.75 Å². The van der Waals surface area contributed by atoms with Gasteiger partial charge in [0.15, 0.2) is 0 Å². The lowest BCUT2D eigenvalue weighted by atomic mass is 10.1. The van der Waals surface area contributed by atoms with Crippen molar-refractivity contribution in [1.29, 1.82) is 0 Å². The summed E-state index contributed by atoms with van der Waals surface area (Å²) in [7, 11) is 0. The molecule has 0 bridgehead atoms. The maximum atomic E-state index is 11.3. The molecule has 4 nitrogen and oxygen atoms in total. The molecular weight excluding hydrogens is 312 g/mol. The van der Waals surface area contributed by atoms with Crippen LogP contribution in [0.4, 0.5) is 0 Å². The van der Waals surface area contributed by atoms with E-state index in [1.165, 1.54) is 37.9 Å². The van der Waals surface area contributed by atoms with Gasteiger partial charge in [-0.3, -0.25) is 9.69 Å². The van der Waals surface area contributed by atoms with Gasteiger partial charge < -0.3 is 10.1 Å². The highest BCUT2D eigenvalue weighted by atomic mass is 35.5. The molecule has 1 saturated heterocycles. The van der Waals surface area contributed by atoms with E-state index in [0.717, 1.165) is 18.7 Å². The van der Waals surface area contributed by atoms with Crippen molar-refractivity contribution in [3.8, 4) is 5.75 Å². The fourth-order valence-corrected chi connectivity index (χ4v) is 2.95. The van der Waals surface area contributed by atoms with E-state index >= 15 is 0 Å². The summed E-state index contributed by atoms with van der Waals surface area (Å²) in [5.41, 5.74) is 1.31. The first-order valence-corrected chi connectivity index (χ1v) is 9.08. The van der Waals surface area contributed by atoms with Crippen LogP contribution in [0.15, 0.2) is 24.3 Å². The lowest BCUT2D eigenvalue weighted by Gasteiger charge is -2.26. The average molecular weight is 339 g/mol. The number of likely N-dealkylation sites (tertiary alicyclic amines) is 1. The summed E-state index contributed by atoms with van der Waals surface area (Å²) in [5.74, 6) is 1.28. The lowest BCUT2D eigenvalue weighted by molar-refractivity contribution is -0.120. The minimum Gasteiger partial charge on any atom is -0.494 e. The summed E-state index contributed by atoms with van der Waals surface area (Å²) in [4.78, 5) is 13.8. The molecule has 1 fully saturated rings. The van der Waals surface area contributed by atoms with Crippen LogP contribution in [-0.2, 0) is 11.3 Å². The molecule has 0 spiro atoms. The summed E-state index contributed by atoms with van der Waals surface area (Å²) in [5, 5.41) is 2.83. The highest BCUT2D eigenvalue weighted by molar-refractivity contribution is 6.18. The van der Waals surface area contributed by atoms with Crippen molar-refractivity contribution >= 4 is 17.5 Å². The molecule has 0 unspecified atom stereocenters. The van der Waals surface area contributed by atoms with Crippen LogP contribution in [0, 0.1) is 0 Å². The van der Waals surface area contributed by atoms with Gasteiger partial charge in [-0.25, -0.2) is 0 Å². The smallest absolute Gasteiger partial charge is 0.221 e. The van der Waals surface area contributed by atoms with E-state index < -0.39 is 0 Å². The van der Waals surface area contributed by atoms with Gasteiger partial charge in [-0.05, 0) is 50.0 Å². The number of carbonyl (C=O) groups is 1. The third-order valence-electron chi connectivity index (χ3n) is 3.99. The minimum absolute atomic E-state index is 0.00327. The highest BCUT2D eigenvalue weighted by Gasteiger charge is 2.10. The highest BCUT2D eigenvalue weighted by Crippen LogP contribution is 2.17. The number of alkyl halides is 1. The van der Waals surface area contributed by atoms with Crippen LogP contribution in [0.25, 0.3) is 0 Å². The SMILES string of the molecule is O=C(CCCl)NCCCOc1cccc(CN2CCCCC2)c1. The molecule has 2 rings (SSSR count). The van der Waals surface area contributed by atoms with Crippen molar-refractivity contribution in [1.82, 2.24) is 10.2 Å². The van der Waals surface area contributed by atoms with Crippen molar-refractivity contribution in [2.45, 2.75) is 38.6 Å². The van der Waals surface area contributed by atoms with Gasteiger partial charge in [0.2, 0.25) is 5.91 Å². The number of carbonyl (C=O) groups excluding carboxylic acids is 1. The molecule has 0 aliphatic carbocycles. The van der Waals surface area contributed by atoms with E-state index in [9.17, 15) is 4.79 Å². The van der Waals surface area contributed by atoms with Crippen molar-refractivity contribution in [2.75, 3.05) is 32.1 Å². The Balaban J connectivity index is 1.67. The van der Waals surface area contributed by atoms with Crippen molar-refractivity contribution in [2.24, 2.45) is 0 Å². The Morgan fingerprint density at radius 2 is 2.09 bits per heavy atom. The molecule has 1 amide bonds. The summed E-state index contributed by atoms with van der Waals surface area (Å²) in [6, 6.07) is 8.33. The Bertz CT molecular complexity index is 476. The number of hydrogen-bond acceptors (Lipinski definition) is 3. The van der Waals surface area contributed by atoms with Gasteiger partial charge in [0.25, 0.3) is 0 Å². The number of rotatable bonds is 9. The molecular formula is C18H27ClN2O2. The average Bonchev–Trinajstić information content (AvgIpc) is 2.56. The summed E-state index contributed by atoms with van der Waals surface area (Å²) in [6.07, 6.45) is 5.16. The molecule has 0 radical (unpaired) electrons. The Labute approximate surface area is 144 Å². The van der Waals surface area contributed by atoms with Gasteiger partial charge in [-0.2, -0.15) is 0 Å². The molecule has 1 aliphatic heterocycles. The van der Waals surface area contributed by atoms with Crippen molar-refractivity contribution < 1.29 is 9.53 Å². The number of piperidine rings is 1. The second kappa shape index (κ2) is 10.5. The van der Waals surface area contributed by atoms with E-state index in [4.69, 9.17) is 16.3 Å². The quantitative estimate of drug-likeness (QED) is 0.555. The Hall–Kier alpha value is -1.26. The van der Waals surface area contributed by atoms with Gasteiger partial charge in [-0.15, -0.1) is 11.6 Å². The second-order valence-electron chi connectivity index (χ2n) is 5.98. The molecule has 0 saturated carbocycles. The fourth-order valence-electron chi connectivity index (χ4n) is 2.77. The molecule has 1 heterocycles. The topological polar surface area (TPSA) is 41.6 Å². The first-order chi connectivity index (χ1) is 11.3. The maximum absolute atomic E-state index is 11.3. The van der Waals surface area contributed by atoms with Crippen LogP contribution in [0.3, 0.4) is 0 Å². The van der Waals surface area contributed by atoms with E-state index in [-0.39, 0.29) is 5.91 Å². The molecule has 5 heteroatoms. The monoisotopic (exact) mass is 338 g/mol. The Kier molecular flexibility index (Phi) is 8.26. The summed E-state index contributed by atoms with van der Waals surface area (Å²) >= 11 is 5.51. The van der Waals surface area contributed by atoms with Gasteiger partial charge in [-0.1, -0.05) is 18.6 Å². The number of nitrogens with one attached hydrogen (secondary N) is 1. The van der Waals surface area contributed by atoms with E-state index in [1.807, 2.05) is 6.07 Å². The van der Waals surface area contributed by atoms with Crippen LogP contribution in [0.2, 0.25) is 0 Å². The van der Waals surface area contributed by atoms with Gasteiger partial charge >= 0.3 is 0 Å². The molecule has 1 aromatic rings. The zero-order valence-electron chi connectivity index (χ0n) is 13.7. The van der Waals surface area contributed by atoms with Crippen LogP contribution in [-0.4, -0.2) is 42.9 Å². The number of halogens is 1. The number of hydrogen-bond donors (Lipinski definition) is 1. The van der Waals surface area contributed by atoms with Crippen LogP contribution in [0.1, 0.15) is 37.7 Å². The van der Waals surface area contributed by atoms with E-state index in [1.54, 1.807) is 0 Å². The normalized spacial score (nSPS) is 15.3. The zero-order chi connectivity index (χ0) is 16.3. The third kappa shape index (κ3) is 7.23. The Morgan fingerprint density at radius 3 is 2.87 bits per heavy atom. The fraction of sp³-hybridized carbons (Fsp3) is 0.611. The van der Waals surface area contributed by atoms with Crippen LogP contribution < -0.4 is 10.1 Å². The maximum Gasteiger partial charge on any atom is 0.221 e. The predicted molar refractivity (Wildman–Crippen MR) is 94.0 cm³/mol. The first-order valence-electron chi connectivity index (χ1n) is 8.54. The molecule has 1 N–H and O–H groups in total. The summed E-state index contributed by atoms with van der Waals surface area (Å²) in [6.45, 7) is 4.64. The zero-order valence-corrected chi connectivity index (χ0v) is 14.5. The Morgan fingerprint density at radius 1 is 1.26 bits per heavy atom. The lowest BCUT2D eigenvalue weighted by Crippen LogP contribution is -2.29. The molecule has 23 heavy (non-hydrogen) atoms. The first kappa shape index (κ1) is 18.1. The summed E-state index contributed by atoms with van der Waals surface area (Å²) < 4.78 is 5.78. The third-order valence-corrected chi connectivity index (χ3v) is 4.18. The van der Waals surface area contributed by atoms with Crippen molar-refractivity contribution in [3.63, 3.8) is 0 Å². The van der Waals surface area contributed by atoms with Gasteiger partial charge in [0, 0.05) is 25.4 Å². The van der Waals surface area contributed by atoms with Crippen LogP contribution >= 0.6 is 11.6 Å².